The highest BCUT2D eigenvalue weighted by Gasteiger charge is 2.38. The normalized spacial score (nSPS) is 16.4. The van der Waals surface area contributed by atoms with E-state index in [1.165, 1.54) is 18.9 Å². The standard InChI is InChI=1S/C31H33N5O6S/c1-17(2)41-31(38)28-25(16-43-30-20(13-32)11-18-7-5-4-6-8-22(18)36-30)42-29(35)21(14-33)27(28)19-9-10-23(24(12-19)39-3)40-15-26(34)37/h9-12,17,27H,4-8,15-16,35H2,1-3H3,(H2,34,37). The number of thioether (sulfide) groups is 1. The Morgan fingerprint density at radius 2 is 1.91 bits per heavy atom. The number of carbonyl (C=O) groups is 2. The maximum absolute atomic E-state index is 13.6. The third-order valence-electron chi connectivity index (χ3n) is 6.93. The van der Waals surface area contributed by atoms with Crippen LogP contribution in [-0.2, 0) is 31.9 Å². The van der Waals surface area contributed by atoms with Gasteiger partial charge in [-0.1, -0.05) is 24.2 Å². The van der Waals surface area contributed by atoms with Crippen LogP contribution < -0.4 is 20.9 Å². The van der Waals surface area contributed by atoms with Crippen LogP contribution in [0.15, 0.2) is 52.1 Å². The van der Waals surface area contributed by atoms with Crippen LogP contribution in [0.2, 0.25) is 0 Å². The number of aryl methyl sites for hydroxylation is 2. The smallest absolute Gasteiger partial charge is 0.338 e. The molecule has 0 saturated carbocycles. The quantitative estimate of drug-likeness (QED) is 0.228. The third-order valence-corrected chi connectivity index (χ3v) is 7.92. The molecule has 1 unspecified atom stereocenters. The Kier molecular flexibility index (Phi) is 10.2. The maximum atomic E-state index is 13.6. The van der Waals surface area contributed by atoms with E-state index < -0.39 is 23.9 Å². The van der Waals surface area contributed by atoms with Crippen molar-refractivity contribution < 1.29 is 28.5 Å². The molecule has 4 rings (SSSR count). The van der Waals surface area contributed by atoms with E-state index in [4.69, 9.17) is 35.4 Å². The summed E-state index contributed by atoms with van der Waals surface area (Å²) in [5.74, 6) is -1.69. The van der Waals surface area contributed by atoms with Gasteiger partial charge in [0, 0.05) is 5.69 Å². The van der Waals surface area contributed by atoms with Crippen molar-refractivity contribution in [2.45, 2.75) is 63.0 Å². The number of methoxy groups -OCH3 is 1. The predicted octanol–water partition coefficient (Wildman–Crippen LogP) is 3.90. The minimum atomic E-state index is -0.963. The van der Waals surface area contributed by atoms with E-state index in [9.17, 15) is 20.1 Å². The zero-order chi connectivity index (χ0) is 31.1. The first kappa shape index (κ1) is 31.3. The summed E-state index contributed by atoms with van der Waals surface area (Å²) < 4.78 is 22.4. The number of esters is 1. The van der Waals surface area contributed by atoms with Gasteiger partial charge in [0.25, 0.3) is 5.91 Å². The van der Waals surface area contributed by atoms with Crippen LogP contribution in [0.5, 0.6) is 11.5 Å². The lowest BCUT2D eigenvalue weighted by atomic mass is 9.83. The Morgan fingerprint density at radius 3 is 2.58 bits per heavy atom. The van der Waals surface area contributed by atoms with Gasteiger partial charge in [0.15, 0.2) is 18.1 Å². The lowest BCUT2D eigenvalue weighted by Crippen LogP contribution is -2.28. The van der Waals surface area contributed by atoms with Gasteiger partial charge in [-0.05, 0) is 68.9 Å². The molecular weight excluding hydrogens is 570 g/mol. The maximum Gasteiger partial charge on any atom is 0.338 e. The average Bonchev–Trinajstić information content (AvgIpc) is 3.22. The molecule has 1 aliphatic heterocycles. The Hall–Kier alpha value is -4.68. The zero-order valence-corrected chi connectivity index (χ0v) is 25.1. The molecule has 0 bridgehead atoms. The fraction of sp³-hybridized carbons (Fsp3) is 0.387. The molecule has 1 amide bonds. The number of allylic oxidation sites excluding steroid dienone is 1. The van der Waals surface area contributed by atoms with Crippen molar-refractivity contribution in [2.75, 3.05) is 19.5 Å². The van der Waals surface area contributed by atoms with E-state index in [1.54, 1.807) is 32.0 Å². The minimum Gasteiger partial charge on any atom is -0.493 e. The number of fused-ring (bicyclic) bond motifs is 1. The Labute approximate surface area is 254 Å². The van der Waals surface area contributed by atoms with Gasteiger partial charge in [-0.25, -0.2) is 9.78 Å². The van der Waals surface area contributed by atoms with Crippen LogP contribution in [0.1, 0.15) is 61.4 Å². The highest BCUT2D eigenvalue weighted by atomic mass is 32.2. The van der Waals surface area contributed by atoms with Gasteiger partial charge >= 0.3 is 5.97 Å². The number of carbonyl (C=O) groups excluding carboxylic acids is 2. The van der Waals surface area contributed by atoms with Crippen molar-refractivity contribution in [1.29, 1.82) is 10.5 Å². The predicted molar refractivity (Wildman–Crippen MR) is 158 cm³/mol. The summed E-state index contributed by atoms with van der Waals surface area (Å²) in [7, 11) is 1.42. The molecule has 11 nitrogen and oxygen atoms in total. The summed E-state index contributed by atoms with van der Waals surface area (Å²) in [6, 6.07) is 11.0. The molecular formula is C31H33N5O6S. The SMILES string of the molecule is COc1cc(C2C(C#N)=C(N)OC(CSc3nc4c(cc3C#N)CCCCC4)=C2C(=O)OC(C)C)ccc1OCC(N)=O. The van der Waals surface area contributed by atoms with E-state index in [0.29, 0.717) is 16.2 Å². The van der Waals surface area contributed by atoms with Crippen LogP contribution in [-0.4, -0.2) is 42.4 Å². The molecule has 0 fully saturated rings. The largest absolute Gasteiger partial charge is 0.493 e. The highest BCUT2D eigenvalue weighted by Crippen LogP contribution is 2.43. The lowest BCUT2D eigenvalue weighted by Gasteiger charge is -2.29. The number of nitriles is 2. The topological polar surface area (TPSA) is 184 Å². The molecule has 0 radical (unpaired) electrons. The zero-order valence-electron chi connectivity index (χ0n) is 24.3. The molecule has 1 aromatic carbocycles. The van der Waals surface area contributed by atoms with Crippen molar-refractivity contribution >= 4 is 23.6 Å². The van der Waals surface area contributed by atoms with Gasteiger partial charge in [0.1, 0.15) is 28.5 Å². The Morgan fingerprint density at radius 1 is 1.14 bits per heavy atom. The van der Waals surface area contributed by atoms with Crippen molar-refractivity contribution in [3.63, 3.8) is 0 Å². The van der Waals surface area contributed by atoms with Crippen LogP contribution >= 0.6 is 11.8 Å². The van der Waals surface area contributed by atoms with Crippen molar-refractivity contribution in [2.24, 2.45) is 11.5 Å². The Balaban J connectivity index is 1.78. The van der Waals surface area contributed by atoms with Crippen LogP contribution in [0.4, 0.5) is 0 Å². The monoisotopic (exact) mass is 603 g/mol. The summed E-state index contributed by atoms with van der Waals surface area (Å²) in [6.45, 7) is 3.07. The van der Waals surface area contributed by atoms with Crippen LogP contribution in [0.25, 0.3) is 0 Å². The molecule has 1 aliphatic carbocycles. The first-order chi connectivity index (χ1) is 20.7. The fourth-order valence-electron chi connectivity index (χ4n) is 5.01. The second-order valence-corrected chi connectivity index (χ2v) is 11.3. The summed E-state index contributed by atoms with van der Waals surface area (Å²) in [4.78, 5) is 29.7. The number of ether oxygens (including phenoxy) is 4. The van der Waals surface area contributed by atoms with Crippen molar-refractivity contribution in [3.05, 3.63) is 69.4 Å². The molecule has 2 aliphatic rings. The van der Waals surface area contributed by atoms with Crippen molar-refractivity contribution in [1.82, 2.24) is 4.98 Å². The van der Waals surface area contributed by atoms with Gasteiger partial charge in [0.05, 0.1) is 36.0 Å². The van der Waals surface area contributed by atoms with E-state index in [2.05, 4.69) is 12.1 Å². The van der Waals surface area contributed by atoms with Crippen LogP contribution in [0, 0.1) is 22.7 Å². The highest BCUT2D eigenvalue weighted by molar-refractivity contribution is 7.99. The Bertz CT molecular complexity index is 1570. The van der Waals surface area contributed by atoms with Crippen molar-refractivity contribution in [3.8, 4) is 23.6 Å². The lowest BCUT2D eigenvalue weighted by molar-refractivity contribution is -0.143. The number of pyridine rings is 1. The third kappa shape index (κ3) is 7.22. The number of aromatic nitrogens is 1. The summed E-state index contributed by atoms with van der Waals surface area (Å²) in [6.07, 6.45) is 4.47. The number of nitrogens with zero attached hydrogens (tertiary/aromatic N) is 3. The molecule has 43 heavy (non-hydrogen) atoms. The van der Waals surface area contributed by atoms with E-state index in [-0.39, 0.29) is 46.6 Å². The molecule has 4 N–H and O–H groups in total. The fourth-order valence-corrected chi connectivity index (χ4v) is 5.92. The van der Waals surface area contributed by atoms with E-state index in [1.807, 2.05) is 6.07 Å². The second-order valence-electron chi connectivity index (χ2n) is 10.3. The number of nitrogens with two attached hydrogens (primary N) is 2. The first-order valence-corrected chi connectivity index (χ1v) is 14.8. The number of hydrogen-bond acceptors (Lipinski definition) is 11. The number of benzene rings is 1. The van der Waals surface area contributed by atoms with Gasteiger partial charge < -0.3 is 30.4 Å². The number of rotatable bonds is 10. The summed E-state index contributed by atoms with van der Waals surface area (Å²) >= 11 is 1.25. The molecule has 1 atom stereocenters. The van der Waals surface area contributed by atoms with Gasteiger partial charge in [-0.2, -0.15) is 10.5 Å². The molecule has 2 heterocycles. The summed E-state index contributed by atoms with van der Waals surface area (Å²) in [5, 5.41) is 20.5. The second kappa shape index (κ2) is 14.0. The van der Waals surface area contributed by atoms with Gasteiger partial charge in [-0.3, -0.25) is 4.79 Å². The molecule has 12 heteroatoms. The molecule has 0 saturated heterocycles. The number of amides is 1. The molecule has 1 aromatic heterocycles. The van der Waals surface area contributed by atoms with Crippen LogP contribution in [0.3, 0.4) is 0 Å². The van der Waals surface area contributed by atoms with Gasteiger partial charge in [-0.15, -0.1) is 0 Å². The molecule has 2 aromatic rings. The minimum absolute atomic E-state index is 0.0122. The summed E-state index contributed by atoms with van der Waals surface area (Å²) in [5.41, 5.74) is 14.6. The molecule has 224 valence electrons. The molecule has 0 spiro atoms. The number of hydrogen-bond donors (Lipinski definition) is 2. The van der Waals surface area contributed by atoms with Gasteiger partial charge in [0.2, 0.25) is 5.88 Å². The first-order valence-electron chi connectivity index (χ1n) is 13.8. The van der Waals surface area contributed by atoms with E-state index >= 15 is 0 Å². The van der Waals surface area contributed by atoms with E-state index in [0.717, 1.165) is 43.4 Å². The number of primary amides is 1. The average molecular weight is 604 g/mol.